The van der Waals surface area contributed by atoms with Gasteiger partial charge in [-0.05, 0) is 31.0 Å². The van der Waals surface area contributed by atoms with Gasteiger partial charge in [-0.25, -0.2) is 9.89 Å². The highest BCUT2D eigenvalue weighted by Gasteiger charge is 2.44. The number of fused-ring (bicyclic) bond motifs is 1. The predicted molar refractivity (Wildman–Crippen MR) is 123 cm³/mol. The molecule has 4 N–H and O–H groups in total. The number of hydrogen-bond donors (Lipinski definition) is 3. The summed E-state index contributed by atoms with van der Waals surface area (Å²) in [5, 5.41) is 6.99. The van der Waals surface area contributed by atoms with E-state index in [0.29, 0.717) is 12.7 Å². The van der Waals surface area contributed by atoms with Gasteiger partial charge in [0.15, 0.2) is 0 Å². The summed E-state index contributed by atoms with van der Waals surface area (Å²) >= 11 is 0. The first-order chi connectivity index (χ1) is 12.8. The molecule has 1 atom stereocenters. The molecule has 1 unspecified atom stereocenters. The summed E-state index contributed by atoms with van der Waals surface area (Å²) in [6.07, 6.45) is 7.96. The summed E-state index contributed by atoms with van der Waals surface area (Å²) in [6, 6.07) is 19.0. The molecule has 2 aromatic carbocycles. The second-order valence-electron chi connectivity index (χ2n) is 7.06. The van der Waals surface area contributed by atoms with Gasteiger partial charge < -0.3 is 16.4 Å². The van der Waals surface area contributed by atoms with Crippen molar-refractivity contribution in [3.05, 3.63) is 60.2 Å². The van der Waals surface area contributed by atoms with Gasteiger partial charge in [-0.15, -0.1) is 24.8 Å². The zero-order chi connectivity index (χ0) is 17.8. The minimum atomic E-state index is -0.694. The summed E-state index contributed by atoms with van der Waals surface area (Å²) in [6.45, 7) is 0.455. The van der Waals surface area contributed by atoms with E-state index in [2.05, 4.69) is 45.9 Å². The molecular weight excluding hydrogens is 393 g/mol. The zero-order valence-corrected chi connectivity index (χ0v) is 17.5. The van der Waals surface area contributed by atoms with Crippen LogP contribution in [0.15, 0.2) is 59.6 Å². The van der Waals surface area contributed by atoms with Crippen LogP contribution in [-0.4, -0.2) is 23.9 Å². The number of rotatable bonds is 5. The van der Waals surface area contributed by atoms with E-state index in [9.17, 15) is 0 Å². The fourth-order valence-corrected chi connectivity index (χ4v) is 4.24. The molecule has 1 heterocycles. The lowest BCUT2D eigenvalue weighted by Gasteiger charge is -2.48. The first kappa shape index (κ1) is 22.5. The largest absolute Gasteiger partial charge is 0.346 e. The Hall–Kier alpha value is -1.79. The highest BCUT2D eigenvalue weighted by atomic mass is 35.5. The number of nitrogens with zero attached hydrogens (tertiary/aromatic N) is 2. The van der Waals surface area contributed by atoms with E-state index >= 15 is 0 Å². The van der Waals surface area contributed by atoms with Crippen LogP contribution < -0.4 is 16.4 Å². The normalized spacial score (nSPS) is 21.1. The van der Waals surface area contributed by atoms with Crippen molar-refractivity contribution in [2.45, 2.75) is 43.9 Å². The number of halogens is 2. The topological polar surface area (TPSA) is 65.7 Å². The first-order valence-electron chi connectivity index (χ1n) is 9.53. The first-order valence-corrected chi connectivity index (χ1v) is 9.53. The van der Waals surface area contributed by atoms with Crippen LogP contribution in [-0.2, 0) is 5.79 Å². The van der Waals surface area contributed by atoms with Crippen molar-refractivity contribution in [2.24, 2.45) is 10.7 Å². The molecular formula is C21H29Cl2N5. The molecule has 7 heteroatoms. The van der Waals surface area contributed by atoms with E-state index in [-0.39, 0.29) is 24.8 Å². The molecule has 0 bridgehead atoms. The van der Waals surface area contributed by atoms with Gasteiger partial charge in [-0.1, -0.05) is 55.7 Å². The quantitative estimate of drug-likeness (QED) is 0.608. The molecule has 2 aliphatic rings. The van der Waals surface area contributed by atoms with Crippen LogP contribution in [0.4, 0.5) is 11.4 Å². The van der Waals surface area contributed by atoms with Gasteiger partial charge in [0.25, 0.3) is 0 Å². The molecule has 5 nitrogen and oxygen atoms in total. The molecule has 152 valence electrons. The van der Waals surface area contributed by atoms with Gasteiger partial charge in [-0.3, -0.25) is 0 Å². The predicted octanol–water partition coefficient (Wildman–Crippen LogP) is 4.76. The van der Waals surface area contributed by atoms with Crippen LogP contribution in [0.5, 0.6) is 0 Å². The SMILES string of the molecule is Cl.Cl.NCN(C1CCCCC1)C1(Nc2ccccc2)N=CNc2ccccc21. The number of anilines is 2. The molecule has 2 aromatic rings. The molecule has 0 aromatic heterocycles. The molecule has 28 heavy (non-hydrogen) atoms. The number of nitrogens with one attached hydrogen (secondary N) is 2. The molecule has 1 aliphatic carbocycles. The van der Waals surface area contributed by atoms with Crippen molar-refractivity contribution in [1.82, 2.24) is 4.90 Å². The lowest BCUT2D eigenvalue weighted by atomic mass is 9.91. The second-order valence-corrected chi connectivity index (χ2v) is 7.06. The van der Waals surface area contributed by atoms with Crippen molar-refractivity contribution in [3.63, 3.8) is 0 Å². The smallest absolute Gasteiger partial charge is 0.219 e. The summed E-state index contributed by atoms with van der Waals surface area (Å²) in [4.78, 5) is 7.29. The van der Waals surface area contributed by atoms with Crippen LogP contribution >= 0.6 is 24.8 Å². The van der Waals surface area contributed by atoms with E-state index in [1.165, 1.54) is 32.1 Å². The Labute approximate surface area is 179 Å². The van der Waals surface area contributed by atoms with Gasteiger partial charge in [-0.2, -0.15) is 0 Å². The maximum Gasteiger partial charge on any atom is 0.219 e. The number of para-hydroxylation sites is 2. The van der Waals surface area contributed by atoms with Crippen LogP contribution in [0, 0.1) is 0 Å². The summed E-state index contributed by atoms with van der Waals surface area (Å²) in [5.74, 6) is -0.694. The average Bonchev–Trinajstić information content (AvgIpc) is 2.70. The van der Waals surface area contributed by atoms with E-state index in [0.717, 1.165) is 16.9 Å². The Balaban J connectivity index is 0.00000140. The summed E-state index contributed by atoms with van der Waals surface area (Å²) < 4.78 is 0. The third kappa shape index (κ3) is 4.28. The van der Waals surface area contributed by atoms with Crippen LogP contribution in [0.3, 0.4) is 0 Å². The standard InChI is InChI=1S/C21H27N5.2ClH/c22-15-26(18-11-5-2-6-12-18)21(25-17-9-3-1-4-10-17)19-13-7-8-14-20(19)23-16-24-21;;/h1,3-4,7-10,13-14,16,18,25H,2,5-6,11-12,15,22H2,(H,23,24);2*1H. The lowest BCUT2D eigenvalue weighted by molar-refractivity contribution is 0.0488. The Morgan fingerprint density at radius 1 is 1.00 bits per heavy atom. The highest BCUT2D eigenvalue weighted by molar-refractivity contribution is 5.85. The number of nitrogens with two attached hydrogens (primary N) is 1. The Kier molecular flexibility index (Phi) is 8.13. The van der Waals surface area contributed by atoms with Gasteiger partial charge in [0.1, 0.15) is 0 Å². The molecule has 4 rings (SSSR count). The molecule has 0 saturated heterocycles. The fourth-order valence-electron chi connectivity index (χ4n) is 4.24. The lowest BCUT2D eigenvalue weighted by Crippen LogP contribution is -2.58. The van der Waals surface area contributed by atoms with E-state index < -0.39 is 5.79 Å². The van der Waals surface area contributed by atoms with Crippen molar-refractivity contribution >= 4 is 42.5 Å². The van der Waals surface area contributed by atoms with E-state index in [1.54, 1.807) is 6.34 Å². The number of hydrogen-bond acceptors (Lipinski definition) is 5. The third-order valence-corrected chi connectivity index (χ3v) is 5.49. The van der Waals surface area contributed by atoms with Gasteiger partial charge in [0, 0.05) is 23.0 Å². The molecule has 0 spiro atoms. The Bertz CT molecular complexity index is 764. The third-order valence-electron chi connectivity index (χ3n) is 5.49. The maximum absolute atomic E-state index is 6.32. The molecule has 1 aliphatic heterocycles. The molecule has 1 saturated carbocycles. The fraction of sp³-hybridized carbons (Fsp3) is 0.381. The van der Waals surface area contributed by atoms with Crippen molar-refractivity contribution in [3.8, 4) is 0 Å². The van der Waals surface area contributed by atoms with Gasteiger partial charge in [0.05, 0.1) is 13.0 Å². The van der Waals surface area contributed by atoms with E-state index in [1.807, 2.05) is 24.3 Å². The molecule has 0 radical (unpaired) electrons. The van der Waals surface area contributed by atoms with Crippen LogP contribution in [0.1, 0.15) is 37.7 Å². The summed E-state index contributed by atoms with van der Waals surface area (Å²) in [7, 11) is 0. The zero-order valence-electron chi connectivity index (χ0n) is 15.9. The Morgan fingerprint density at radius 2 is 1.68 bits per heavy atom. The van der Waals surface area contributed by atoms with Gasteiger partial charge >= 0.3 is 0 Å². The van der Waals surface area contributed by atoms with Crippen molar-refractivity contribution < 1.29 is 0 Å². The number of aliphatic imine (C=N–C) groups is 1. The van der Waals surface area contributed by atoms with Crippen molar-refractivity contribution in [1.29, 1.82) is 0 Å². The maximum atomic E-state index is 6.32. The minimum absolute atomic E-state index is 0. The van der Waals surface area contributed by atoms with Crippen molar-refractivity contribution in [2.75, 3.05) is 17.3 Å². The summed E-state index contributed by atoms with van der Waals surface area (Å²) in [5.41, 5.74) is 9.54. The van der Waals surface area contributed by atoms with Crippen LogP contribution in [0.2, 0.25) is 0 Å². The molecule has 1 fully saturated rings. The molecule has 0 amide bonds. The minimum Gasteiger partial charge on any atom is -0.346 e. The van der Waals surface area contributed by atoms with E-state index in [4.69, 9.17) is 10.7 Å². The monoisotopic (exact) mass is 421 g/mol. The average molecular weight is 422 g/mol. The van der Waals surface area contributed by atoms with Gasteiger partial charge in [0.2, 0.25) is 5.79 Å². The van der Waals surface area contributed by atoms with Crippen LogP contribution in [0.25, 0.3) is 0 Å². The Morgan fingerprint density at radius 3 is 2.39 bits per heavy atom. The number of benzene rings is 2. The second kappa shape index (κ2) is 10.1. The highest BCUT2D eigenvalue weighted by Crippen LogP contribution is 2.41.